The fraction of sp³-hybridized carbons (Fsp3) is 0.647. The lowest BCUT2D eigenvalue weighted by Crippen LogP contribution is -2.45. The van der Waals surface area contributed by atoms with E-state index in [1.807, 2.05) is 36.7 Å². The van der Waals surface area contributed by atoms with Crippen molar-refractivity contribution in [1.29, 1.82) is 10.5 Å². The summed E-state index contributed by atoms with van der Waals surface area (Å²) in [6, 6.07) is 5.89. The number of amides is 1. The molecule has 1 aliphatic heterocycles. The van der Waals surface area contributed by atoms with Crippen molar-refractivity contribution in [3.63, 3.8) is 0 Å². The number of nitrogens with zero attached hydrogens (tertiary/aromatic N) is 6. The minimum absolute atomic E-state index is 0.0381. The summed E-state index contributed by atoms with van der Waals surface area (Å²) >= 11 is 0. The number of rotatable bonds is 7. The van der Waals surface area contributed by atoms with Gasteiger partial charge in [-0.2, -0.15) is 15.6 Å². The monoisotopic (exact) mass is 344 g/mol. The first-order valence-corrected chi connectivity index (χ1v) is 8.40. The van der Waals surface area contributed by atoms with Crippen LogP contribution in [0, 0.1) is 36.5 Å². The largest absolute Gasteiger partial charge is 0.374 e. The standard InChI is InChI=1S/C17H24N6O2/c1-14-11-15(2)23(20-14)13-16-12-21(9-10-25-16)6-3-17(24)22(7-4-18)8-5-19/h11,16H,3,6-10,12-13H2,1-2H3/t16-/m1/s1. The van der Waals surface area contributed by atoms with E-state index in [0.29, 0.717) is 26.1 Å². The normalized spacial score (nSPS) is 17.7. The van der Waals surface area contributed by atoms with Gasteiger partial charge in [0.25, 0.3) is 0 Å². The number of hydrogen-bond acceptors (Lipinski definition) is 6. The SMILES string of the molecule is Cc1cc(C)n(C[C@H]2CN(CCC(=O)N(CC#N)CC#N)CCO2)n1. The van der Waals surface area contributed by atoms with Crippen molar-refractivity contribution in [2.24, 2.45) is 0 Å². The van der Waals surface area contributed by atoms with Crippen molar-refractivity contribution in [2.45, 2.75) is 32.9 Å². The van der Waals surface area contributed by atoms with Gasteiger partial charge in [-0.05, 0) is 19.9 Å². The number of aromatic nitrogens is 2. The van der Waals surface area contributed by atoms with E-state index in [2.05, 4.69) is 10.00 Å². The molecule has 2 rings (SSSR count). The topological polar surface area (TPSA) is 98.2 Å². The van der Waals surface area contributed by atoms with Gasteiger partial charge in [0.1, 0.15) is 13.1 Å². The second-order valence-electron chi connectivity index (χ2n) is 6.22. The Morgan fingerprint density at radius 2 is 2.12 bits per heavy atom. The Morgan fingerprint density at radius 1 is 1.40 bits per heavy atom. The summed E-state index contributed by atoms with van der Waals surface area (Å²) in [6.45, 7) is 7.34. The van der Waals surface area contributed by atoms with Crippen molar-refractivity contribution >= 4 is 5.91 Å². The molecule has 0 aromatic carbocycles. The average Bonchev–Trinajstić information content (AvgIpc) is 2.90. The summed E-state index contributed by atoms with van der Waals surface area (Å²) in [6.07, 6.45) is 0.340. The van der Waals surface area contributed by atoms with Crippen molar-refractivity contribution in [3.05, 3.63) is 17.5 Å². The fourth-order valence-corrected chi connectivity index (χ4v) is 2.96. The lowest BCUT2D eigenvalue weighted by atomic mass is 10.2. The predicted molar refractivity (Wildman–Crippen MR) is 90.3 cm³/mol. The van der Waals surface area contributed by atoms with Crippen LogP contribution in [-0.2, 0) is 16.1 Å². The highest BCUT2D eigenvalue weighted by atomic mass is 16.5. The van der Waals surface area contributed by atoms with Crippen LogP contribution in [0.15, 0.2) is 6.07 Å². The molecule has 0 unspecified atom stereocenters. The molecule has 2 heterocycles. The molecular weight excluding hydrogens is 320 g/mol. The van der Waals surface area contributed by atoms with Crippen LogP contribution in [0.1, 0.15) is 17.8 Å². The second kappa shape index (κ2) is 9.16. The first kappa shape index (κ1) is 18.9. The third kappa shape index (κ3) is 5.56. The van der Waals surface area contributed by atoms with E-state index in [0.717, 1.165) is 24.5 Å². The Labute approximate surface area is 148 Å². The third-order valence-electron chi connectivity index (χ3n) is 4.22. The number of hydrogen-bond donors (Lipinski definition) is 0. The highest BCUT2D eigenvalue weighted by Gasteiger charge is 2.23. The van der Waals surface area contributed by atoms with E-state index < -0.39 is 0 Å². The zero-order valence-corrected chi connectivity index (χ0v) is 14.8. The van der Waals surface area contributed by atoms with Gasteiger partial charge in [-0.1, -0.05) is 0 Å². The lowest BCUT2D eigenvalue weighted by Gasteiger charge is -2.33. The molecule has 0 aliphatic carbocycles. The zero-order valence-electron chi connectivity index (χ0n) is 14.8. The van der Waals surface area contributed by atoms with Crippen molar-refractivity contribution in [2.75, 3.05) is 39.3 Å². The molecule has 8 heteroatoms. The van der Waals surface area contributed by atoms with E-state index in [4.69, 9.17) is 15.3 Å². The second-order valence-corrected chi connectivity index (χ2v) is 6.22. The molecule has 1 saturated heterocycles. The molecule has 0 saturated carbocycles. The van der Waals surface area contributed by atoms with Crippen LogP contribution in [0.3, 0.4) is 0 Å². The van der Waals surface area contributed by atoms with E-state index in [1.54, 1.807) is 0 Å². The number of aryl methyl sites for hydroxylation is 2. The van der Waals surface area contributed by atoms with Gasteiger partial charge in [-0.3, -0.25) is 14.4 Å². The number of nitriles is 2. The van der Waals surface area contributed by atoms with E-state index in [-0.39, 0.29) is 25.1 Å². The van der Waals surface area contributed by atoms with Gasteiger partial charge in [0, 0.05) is 31.7 Å². The molecule has 0 radical (unpaired) electrons. The Bertz CT molecular complexity index is 656. The number of carbonyl (C=O) groups excluding carboxylic acids is 1. The molecule has 0 N–H and O–H groups in total. The Hall–Kier alpha value is -2.42. The Morgan fingerprint density at radius 3 is 2.72 bits per heavy atom. The van der Waals surface area contributed by atoms with Gasteiger partial charge < -0.3 is 9.64 Å². The average molecular weight is 344 g/mol. The molecule has 0 bridgehead atoms. The van der Waals surface area contributed by atoms with Crippen LogP contribution in [0.25, 0.3) is 0 Å². The maximum absolute atomic E-state index is 12.1. The minimum atomic E-state index is -0.162. The zero-order chi connectivity index (χ0) is 18.2. The molecule has 25 heavy (non-hydrogen) atoms. The molecule has 1 atom stereocenters. The van der Waals surface area contributed by atoms with E-state index in [9.17, 15) is 4.79 Å². The molecule has 1 aromatic rings. The van der Waals surface area contributed by atoms with E-state index >= 15 is 0 Å². The molecule has 1 aliphatic rings. The number of ether oxygens (including phenoxy) is 1. The summed E-state index contributed by atoms with van der Waals surface area (Å²) < 4.78 is 7.78. The van der Waals surface area contributed by atoms with Crippen LogP contribution < -0.4 is 0 Å². The van der Waals surface area contributed by atoms with E-state index in [1.165, 1.54) is 4.90 Å². The summed E-state index contributed by atoms with van der Waals surface area (Å²) in [5, 5.41) is 21.9. The van der Waals surface area contributed by atoms with Crippen LogP contribution >= 0.6 is 0 Å². The van der Waals surface area contributed by atoms with Crippen LogP contribution in [0.2, 0.25) is 0 Å². The number of carbonyl (C=O) groups is 1. The van der Waals surface area contributed by atoms with Crippen LogP contribution in [0.5, 0.6) is 0 Å². The third-order valence-corrected chi connectivity index (χ3v) is 4.22. The summed E-state index contributed by atoms with van der Waals surface area (Å²) in [7, 11) is 0. The minimum Gasteiger partial charge on any atom is -0.374 e. The van der Waals surface area contributed by atoms with Gasteiger partial charge in [-0.25, -0.2) is 0 Å². The van der Waals surface area contributed by atoms with Gasteiger partial charge in [0.2, 0.25) is 5.91 Å². The summed E-state index contributed by atoms with van der Waals surface area (Å²) in [4.78, 5) is 15.6. The predicted octanol–water partition coefficient (Wildman–Crippen LogP) is 0.467. The highest BCUT2D eigenvalue weighted by molar-refractivity contribution is 5.76. The fourth-order valence-electron chi connectivity index (χ4n) is 2.96. The maximum atomic E-state index is 12.1. The summed E-state index contributed by atoms with van der Waals surface area (Å²) in [5.74, 6) is -0.162. The first-order valence-electron chi connectivity index (χ1n) is 8.40. The Kier molecular flexibility index (Phi) is 6.93. The molecule has 1 aromatic heterocycles. The molecule has 1 fully saturated rings. The summed E-state index contributed by atoms with van der Waals surface area (Å²) in [5.41, 5.74) is 2.10. The molecular formula is C17H24N6O2. The van der Waals surface area contributed by atoms with Gasteiger partial charge in [0.05, 0.1) is 37.1 Å². The van der Waals surface area contributed by atoms with Gasteiger partial charge >= 0.3 is 0 Å². The molecule has 8 nitrogen and oxygen atoms in total. The number of morpholine rings is 1. The quantitative estimate of drug-likeness (QED) is 0.667. The maximum Gasteiger partial charge on any atom is 0.225 e. The molecule has 0 spiro atoms. The van der Waals surface area contributed by atoms with Crippen LogP contribution in [-0.4, -0.2) is 70.9 Å². The molecule has 134 valence electrons. The van der Waals surface area contributed by atoms with Crippen molar-refractivity contribution < 1.29 is 9.53 Å². The van der Waals surface area contributed by atoms with Gasteiger partial charge in [-0.15, -0.1) is 0 Å². The van der Waals surface area contributed by atoms with Crippen molar-refractivity contribution in [3.8, 4) is 12.1 Å². The Balaban J connectivity index is 1.83. The smallest absolute Gasteiger partial charge is 0.225 e. The van der Waals surface area contributed by atoms with Gasteiger partial charge in [0.15, 0.2) is 0 Å². The first-order chi connectivity index (χ1) is 12.0. The molecule has 1 amide bonds. The lowest BCUT2D eigenvalue weighted by molar-refractivity contribution is -0.130. The van der Waals surface area contributed by atoms with Crippen LogP contribution in [0.4, 0.5) is 0 Å². The highest BCUT2D eigenvalue weighted by Crippen LogP contribution is 2.11. The van der Waals surface area contributed by atoms with Crippen molar-refractivity contribution in [1.82, 2.24) is 19.6 Å².